The second-order valence-corrected chi connectivity index (χ2v) is 5.55. The molecule has 0 bridgehead atoms. The summed E-state index contributed by atoms with van der Waals surface area (Å²) in [5, 5.41) is 3.42. The number of rotatable bonds is 3. The van der Waals surface area contributed by atoms with Gasteiger partial charge in [-0.2, -0.15) is 0 Å². The molecule has 0 aliphatic carbocycles. The Kier molecular flexibility index (Phi) is 3.92. The molecule has 0 fully saturated rings. The van der Waals surface area contributed by atoms with Gasteiger partial charge >= 0.3 is 5.69 Å². The molecule has 1 N–H and O–H groups in total. The summed E-state index contributed by atoms with van der Waals surface area (Å²) in [5.41, 5.74) is 1.29. The highest BCUT2D eigenvalue weighted by Gasteiger charge is 2.16. The molecule has 0 spiro atoms. The number of nitrogens with zero attached hydrogens (tertiary/aromatic N) is 3. The number of aromatic nitrogens is 3. The molecule has 124 valence electrons. The van der Waals surface area contributed by atoms with Gasteiger partial charge in [-0.25, -0.2) is 14.2 Å². The molecule has 0 aliphatic heterocycles. The Morgan fingerprint density at radius 3 is 2.62 bits per heavy atom. The van der Waals surface area contributed by atoms with Crippen molar-refractivity contribution < 1.29 is 4.39 Å². The zero-order valence-corrected chi connectivity index (χ0v) is 13.6. The van der Waals surface area contributed by atoms with Crippen LogP contribution in [0.5, 0.6) is 0 Å². The number of benzene rings is 1. The third-order valence-electron chi connectivity index (χ3n) is 4.02. The number of aryl methyl sites for hydroxylation is 2. The van der Waals surface area contributed by atoms with Crippen LogP contribution in [0.25, 0.3) is 11.0 Å². The third-order valence-corrected chi connectivity index (χ3v) is 4.02. The van der Waals surface area contributed by atoms with Crippen LogP contribution in [0, 0.1) is 5.82 Å². The van der Waals surface area contributed by atoms with E-state index in [4.69, 9.17) is 0 Å². The van der Waals surface area contributed by atoms with E-state index in [2.05, 4.69) is 10.3 Å². The van der Waals surface area contributed by atoms with E-state index in [1.54, 1.807) is 25.4 Å². The second-order valence-electron chi connectivity index (χ2n) is 5.55. The lowest BCUT2D eigenvalue weighted by atomic mass is 10.1. The summed E-state index contributed by atoms with van der Waals surface area (Å²) in [7, 11) is 2.99. The zero-order chi connectivity index (χ0) is 17.4. The summed E-state index contributed by atoms with van der Waals surface area (Å²) < 4.78 is 15.8. The van der Waals surface area contributed by atoms with Crippen LogP contribution in [0.2, 0.25) is 0 Å². The van der Waals surface area contributed by atoms with E-state index < -0.39 is 11.2 Å². The van der Waals surface area contributed by atoms with Crippen LogP contribution >= 0.6 is 0 Å². The predicted molar refractivity (Wildman–Crippen MR) is 91.3 cm³/mol. The molecule has 0 aliphatic rings. The van der Waals surface area contributed by atoms with Crippen LogP contribution < -0.4 is 16.6 Å². The van der Waals surface area contributed by atoms with E-state index in [0.717, 1.165) is 10.1 Å². The molecular weight excluding hydrogens is 311 g/mol. The minimum absolute atomic E-state index is 0.291. The molecule has 0 atom stereocenters. The second kappa shape index (κ2) is 5.92. The van der Waals surface area contributed by atoms with Gasteiger partial charge in [-0.15, -0.1) is 0 Å². The largest absolute Gasteiger partial charge is 0.354 e. The van der Waals surface area contributed by atoms with Crippen molar-refractivity contribution in [2.24, 2.45) is 14.1 Å². The van der Waals surface area contributed by atoms with Gasteiger partial charge in [0.15, 0.2) is 5.65 Å². The average molecular weight is 328 g/mol. The maximum Gasteiger partial charge on any atom is 0.332 e. The maximum absolute atomic E-state index is 13.5. The van der Waals surface area contributed by atoms with Crippen LogP contribution in [0.1, 0.15) is 12.5 Å². The Bertz CT molecular complexity index is 1050. The smallest absolute Gasteiger partial charge is 0.332 e. The van der Waals surface area contributed by atoms with Crippen LogP contribution in [0.15, 0.2) is 40.1 Å². The number of fused-ring (bicyclic) bond motifs is 1. The van der Waals surface area contributed by atoms with Gasteiger partial charge in [0.2, 0.25) is 0 Å². The van der Waals surface area contributed by atoms with Crippen molar-refractivity contribution in [3.8, 4) is 0 Å². The minimum Gasteiger partial charge on any atom is -0.354 e. The fourth-order valence-corrected chi connectivity index (χ4v) is 2.69. The van der Waals surface area contributed by atoms with Gasteiger partial charge in [0.1, 0.15) is 11.2 Å². The first kappa shape index (κ1) is 15.9. The molecule has 7 heteroatoms. The Balaban J connectivity index is 2.36. The predicted octanol–water partition coefficient (Wildman–Crippen LogP) is 2.08. The molecule has 0 amide bonds. The molecule has 6 nitrogen and oxygen atoms in total. The topological polar surface area (TPSA) is 68.9 Å². The van der Waals surface area contributed by atoms with Crippen molar-refractivity contribution in [2.45, 2.75) is 13.3 Å². The Morgan fingerprint density at radius 1 is 1.21 bits per heavy atom. The van der Waals surface area contributed by atoms with Crippen molar-refractivity contribution in [3.63, 3.8) is 0 Å². The van der Waals surface area contributed by atoms with Crippen molar-refractivity contribution in [3.05, 3.63) is 62.7 Å². The molecule has 24 heavy (non-hydrogen) atoms. The van der Waals surface area contributed by atoms with Gasteiger partial charge < -0.3 is 5.32 Å². The maximum atomic E-state index is 13.5. The fourth-order valence-electron chi connectivity index (χ4n) is 2.69. The number of anilines is 2. The van der Waals surface area contributed by atoms with Crippen LogP contribution in [0.3, 0.4) is 0 Å². The summed E-state index contributed by atoms with van der Waals surface area (Å²) in [6.45, 7) is 1.94. The Hall–Kier alpha value is -2.96. The van der Waals surface area contributed by atoms with Crippen LogP contribution in [0.4, 0.5) is 15.8 Å². The Labute approximate surface area is 137 Å². The summed E-state index contributed by atoms with van der Waals surface area (Å²) in [4.78, 5) is 29.0. The summed E-state index contributed by atoms with van der Waals surface area (Å²) in [5.74, 6) is -0.378. The zero-order valence-electron chi connectivity index (χ0n) is 13.6. The summed E-state index contributed by atoms with van der Waals surface area (Å²) in [6.07, 6.45) is 2.26. The quantitative estimate of drug-likeness (QED) is 0.799. The summed E-state index contributed by atoms with van der Waals surface area (Å²) in [6, 6.07) is 5.99. The minimum atomic E-state index is -0.444. The lowest BCUT2D eigenvalue weighted by molar-refractivity contribution is 0.628. The van der Waals surface area contributed by atoms with E-state index in [-0.39, 0.29) is 5.82 Å². The molecule has 0 radical (unpaired) electrons. The number of halogens is 1. The highest BCUT2D eigenvalue weighted by atomic mass is 19.1. The molecule has 3 aromatic rings. The molecule has 0 saturated heterocycles. The molecule has 0 saturated carbocycles. The lowest BCUT2D eigenvalue weighted by Gasteiger charge is -2.15. The van der Waals surface area contributed by atoms with Gasteiger partial charge in [-0.3, -0.25) is 13.9 Å². The first-order valence-electron chi connectivity index (χ1n) is 7.54. The van der Waals surface area contributed by atoms with Gasteiger partial charge in [-0.1, -0.05) is 13.0 Å². The van der Waals surface area contributed by atoms with E-state index in [0.29, 0.717) is 28.8 Å². The standard InChI is InChI=1S/C17H17FN4O2/c1-4-10-9-19-15-13(16(23)22(3)17(24)21(15)2)14(10)20-12-7-5-6-11(18)8-12/h5-9H,4H2,1-3H3,(H,19,20). The van der Waals surface area contributed by atoms with Crippen LogP contribution in [-0.4, -0.2) is 14.1 Å². The monoisotopic (exact) mass is 328 g/mol. The molecule has 2 aromatic heterocycles. The molecule has 3 rings (SSSR count). The number of pyridine rings is 1. The normalized spacial score (nSPS) is 11.0. The number of hydrogen-bond acceptors (Lipinski definition) is 4. The average Bonchev–Trinajstić information content (AvgIpc) is 2.57. The number of nitrogens with one attached hydrogen (secondary N) is 1. The summed E-state index contributed by atoms with van der Waals surface area (Å²) >= 11 is 0. The molecule has 1 aromatic carbocycles. The van der Waals surface area contributed by atoms with Gasteiger partial charge in [0.25, 0.3) is 5.56 Å². The van der Waals surface area contributed by atoms with E-state index in [1.807, 2.05) is 6.92 Å². The van der Waals surface area contributed by atoms with Crippen molar-refractivity contribution in [1.29, 1.82) is 0 Å². The van der Waals surface area contributed by atoms with E-state index in [9.17, 15) is 14.0 Å². The SMILES string of the molecule is CCc1cnc2c(c1Nc1cccc(F)c1)c(=O)n(C)c(=O)n2C. The van der Waals surface area contributed by atoms with Crippen molar-refractivity contribution >= 4 is 22.4 Å². The molecule has 2 heterocycles. The molecular formula is C17H17FN4O2. The van der Waals surface area contributed by atoms with Gasteiger partial charge in [0.05, 0.1) is 5.69 Å². The van der Waals surface area contributed by atoms with Crippen LogP contribution in [-0.2, 0) is 20.5 Å². The fraction of sp³-hybridized carbons (Fsp3) is 0.235. The third kappa shape index (κ3) is 2.47. The highest BCUT2D eigenvalue weighted by Crippen LogP contribution is 2.27. The van der Waals surface area contributed by atoms with E-state index in [1.165, 1.54) is 23.7 Å². The van der Waals surface area contributed by atoms with Crippen molar-refractivity contribution in [1.82, 2.24) is 14.1 Å². The van der Waals surface area contributed by atoms with E-state index >= 15 is 0 Å². The highest BCUT2D eigenvalue weighted by molar-refractivity contribution is 5.92. The first-order valence-corrected chi connectivity index (χ1v) is 7.54. The lowest BCUT2D eigenvalue weighted by Crippen LogP contribution is -2.37. The molecule has 0 unspecified atom stereocenters. The Morgan fingerprint density at radius 2 is 1.96 bits per heavy atom. The first-order chi connectivity index (χ1) is 11.4. The van der Waals surface area contributed by atoms with Gasteiger partial charge in [-0.05, 0) is 30.2 Å². The van der Waals surface area contributed by atoms with Crippen molar-refractivity contribution in [2.75, 3.05) is 5.32 Å². The van der Waals surface area contributed by atoms with Gasteiger partial charge in [0, 0.05) is 26.0 Å². The number of hydrogen-bond donors (Lipinski definition) is 1.